The van der Waals surface area contributed by atoms with Crippen molar-refractivity contribution in [2.24, 2.45) is 0 Å². The van der Waals surface area contributed by atoms with E-state index in [2.05, 4.69) is 44.6 Å². The molecule has 0 saturated heterocycles. The maximum atomic E-state index is 13.5. The Morgan fingerprint density at radius 2 is 2.08 bits per heavy atom. The number of fused-ring (bicyclic) bond motifs is 1. The van der Waals surface area contributed by atoms with Gasteiger partial charge in [0.05, 0.1) is 0 Å². The number of imidazole rings is 1. The highest BCUT2D eigenvalue weighted by molar-refractivity contribution is 14.1. The number of thiazole rings is 1. The number of nitrogens with zero attached hydrogens (tertiary/aromatic N) is 2. The molecule has 0 radical (unpaired) electrons. The van der Waals surface area contributed by atoms with Gasteiger partial charge in [-0.2, -0.15) is 0 Å². The molecule has 2 heterocycles. The molecule has 0 atom stereocenters. The molecule has 1 fully saturated rings. The van der Waals surface area contributed by atoms with Crippen LogP contribution in [-0.4, -0.2) is 15.4 Å². The first kappa shape index (κ1) is 16.3. The van der Waals surface area contributed by atoms with Crippen molar-refractivity contribution in [3.05, 3.63) is 38.7 Å². The van der Waals surface area contributed by atoms with Gasteiger partial charge in [0.2, 0.25) is 0 Å². The van der Waals surface area contributed by atoms with Crippen molar-refractivity contribution in [1.82, 2.24) is 9.38 Å². The van der Waals surface area contributed by atoms with Gasteiger partial charge in [-0.25, -0.2) is 9.37 Å². The maximum Gasteiger partial charge on any atom is 0.196 e. The fourth-order valence-corrected chi connectivity index (χ4v) is 5.04. The quantitative estimate of drug-likeness (QED) is 0.502. The number of nitrogens with one attached hydrogen (secondary N) is 1. The van der Waals surface area contributed by atoms with Crippen LogP contribution >= 0.6 is 33.9 Å². The lowest BCUT2D eigenvalue weighted by Gasteiger charge is -2.24. The topological polar surface area (TPSA) is 29.3 Å². The van der Waals surface area contributed by atoms with Crippen LogP contribution in [0, 0.1) is 16.3 Å². The third kappa shape index (κ3) is 2.94. The monoisotopic (exact) mass is 455 g/mol. The molecule has 0 spiro atoms. The SMILES string of the molecule is Cc1csc2nc(-c3ccc(F)cc3I)c(NC3CCCCC3)n12. The van der Waals surface area contributed by atoms with E-state index in [-0.39, 0.29) is 5.82 Å². The first-order valence-electron chi connectivity index (χ1n) is 8.32. The summed E-state index contributed by atoms with van der Waals surface area (Å²) in [5.74, 6) is 0.849. The molecule has 0 unspecified atom stereocenters. The Morgan fingerprint density at radius 3 is 2.83 bits per heavy atom. The fraction of sp³-hybridized carbons (Fsp3) is 0.389. The van der Waals surface area contributed by atoms with E-state index in [4.69, 9.17) is 4.98 Å². The average molecular weight is 455 g/mol. The molecule has 3 nitrogen and oxygen atoms in total. The van der Waals surface area contributed by atoms with Crippen molar-refractivity contribution >= 4 is 44.7 Å². The Hall–Kier alpha value is -1.15. The Balaban J connectivity index is 1.83. The minimum absolute atomic E-state index is 0.206. The lowest BCUT2D eigenvalue weighted by atomic mass is 9.95. The van der Waals surface area contributed by atoms with Crippen molar-refractivity contribution in [3.8, 4) is 11.3 Å². The fourth-order valence-electron chi connectivity index (χ4n) is 3.44. The van der Waals surface area contributed by atoms with Crippen LogP contribution < -0.4 is 5.32 Å². The largest absolute Gasteiger partial charge is 0.367 e. The molecule has 126 valence electrons. The first-order chi connectivity index (χ1) is 11.6. The summed E-state index contributed by atoms with van der Waals surface area (Å²) >= 11 is 3.84. The minimum atomic E-state index is -0.206. The summed E-state index contributed by atoms with van der Waals surface area (Å²) in [6, 6.07) is 5.42. The normalized spacial score (nSPS) is 16.0. The van der Waals surface area contributed by atoms with Crippen molar-refractivity contribution in [2.45, 2.75) is 45.1 Å². The molecule has 3 aromatic rings. The molecule has 1 saturated carbocycles. The van der Waals surface area contributed by atoms with Crippen LogP contribution in [0.15, 0.2) is 23.6 Å². The van der Waals surface area contributed by atoms with Gasteiger partial charge in [0.25, 0.3) is 0 Å². The van der Waals surface area contributed by atoms with Crippen molar-refractivity contribution in [3.63, 3.8) is 0 Å². The molecule has 0 amide bonds. The second-order valence-corrected chi connectivity index (χ2v) is 8.41. The van der Waals surface area contributed by atoms with Gasteiger partial charge in [0, 0.05) is 26.2 Å². The van der Waals surface area contributed by atoms with Crippen molar-refractivity contribution in [2.75, 3.05) is 5.32 Å². The molecule has 1 N–H and O–H groups in total. The smallest absolute Gasteiger partial charge is 0.196 e. The molecular weight excluding hydrogens is 436 g/mol. The van der Waals surface area contributed by atoms with E-state index < -0.39 is 0 Å². The number of aryl methyl sites for hydroxylation is 1. The number of anilines is 1. The maximum absolute atomic E-state index is 13.5. The Kier molecular flexibility index (Phi) is 4.51. The predicted molar refractivity (Wildman–Crippen MR) is 106 cm³/mol. The lowest BCUT2D eigenvalue weighted by Crippen LogP contribution is -2.23. The number of benzene rings is 1. The molecule has 24 heavy (non-hydrogen) atoms. The standard InChI is InChI=1S/C18H19FIN3S/c1-11-10-24-18-22-16(14-8-7-12(19)9-15(14)20)17(23(11)18)21-13-5-3-2-4-6-13/h7-10,13,21H,2-6H2,1H3. The van der Waals surface area contributed by atoms with E-state index in [1.54, 1.807) is 17.4 Å². The van der Waals surface area contributed by atoms with Crippen LogP contribution in [0.1, 0.15) is 37.8 Å². The van der Waals surface area contributed by atoms with Crippen LogP contribution in [0.2, 0.25) is 0 Å². The number of aromatic nitrogens is 2. The molecule has 4 rings (SSSR count). The van der Waals surface area contributed by atoms with E-state index in [9.17, 15) is 4.39 Å². The molecule has 1 aromatic carbocycles. The van der Waals surface area contributed by atoms with Crippen LogP contribution in [-0.2, 0) is 0 Å². The third-order valence-corrected chi connectivity index (χ3v) is 6.50. The molecule has 2 aromatic heterocycles. The molecule has 0 bridgehead atoms. The Morgan fingerprint density at radius 1 is 1.29 bits per heavy atom. The van der Waals surface area contributed by atoms with Gasteiger partial charge in [0.1, 0.15) is 17.3 Å². The second kappa shape index (κ2) is 6.63. The van der Waals surface area contributed by atoms with Gasteiger partial charge in [0.15, 0.2) is 4.96 Å². The average Bonchev–Trinajstić information content (AvgIpc) is 3.10. The molecule has 1 aliphatic rings. The number of hydrogen-bond donors (Lipinski definition) is 1. The lowest BCUT2D eigenvalue weighted by molar-refractivity contribution is 0.461. The van der Waals surface area contributed by atoms with Gasteiger partial charge in [-0.15, -0.1) is 11.3 Å². The van der Waals surface area contributed by atoms with E-state index >= 15 is 0 Å². The van der Waals surface area contributed by atoms with Crippen LogP contribution in [0.3, 0.4) is 0 Å². The van der Waals surface area contributed by atoms with Gasteiger partial charge in [-0.3, -0.25) is 4.40 Å². The van der Waals surface area contributed by atoms with Crippen molar-refractivity contribution in [1.29, 1.82) is 0 Å². The van der Waals surface area contributed by atoms with Crippen LogP contribution in [0.25, 0.3) is 16.2 Å². The minimum Gasteiger partial charge on any atom is -0.367 e. The summed E-state index contributed by atoms with van der Waals surface area (Å²) in [5.41, 5.74) is 3.11. The second-order valence-electron chi connectivity index (χ2n) is 6.41. The van der Waals surface area contributed by atoms with E-state index in [0.717, 1.165) is 25.6 Å². The summed E-state index contributed by atoms with van der Waals surface area (Å²) < 4.78 is 16.6. The predicted octanol–water partition coefficient (Wildman–Crippen LogP) is 5.86. The summed E-state index contributed by atoms with van der Waals surface area (Å²) in [6.07, 6.45) is 6.31. The number of rotatable bonds is 3. The molecule has 6 heteroatoms. The molecular formula is C18H19FIN3S. The van der Waals surface area contributed by atoms with Crippen molar-refractivity contribution < 1.29 is 4.39 Å². The van der Waals surface area contributed by atoms with Gasteiger partial charge in [-0.05, 0) is 60.6 Å². The molecule has 1 aliphatic carbocycles. The molecule has 0 aliphatic heterocycles. The zero-order valence-electron chi connectivity index (χ0n) is 13.5. The zero-order valence-corrected chi connectivity index (χ0v) is 16.5. The highest BCUT2D eigenvalue weighted by atomic mass is 127. The third-order valence-electron chi connectivity index (χ3n) is 4.67. The van der Waals surface area contributed by atoms with Gasteiger partial charge < -0.3 is 5.32 Å². The highest BCUT2D eigenvalue weighted by Gasteiger charge is 2.22. The summed E-state index contributed by atoms with van der Waals surface area (Å²) in [7, 11) is 0. The van der Waals surface area contributed by atoms with Crippen LogP contribution in [0.5, 0.6) is 0 Å². The van der Waals surface area contributed by atoms with Crippen LogP contribution in [0.4, 0.5) is 10.2 Å². The number of halogens is 2. The van der Waals surface area contributed by atoms with E-state index in [1.807, 2.05) is 6.07 Å². The number of hydrogen-bond acceptors (Lipinski definition) is 3. The van der Waals surface area contributed by atoms with E-state index in [0.29, 0.717) is 6.04 Å². The summed E-state index contributed by atoms with van der Waals surface area (Å²) in [4.78, 5) is 5.84. The van der Waals surface area contributed by atoms with Gasteiger partial charge in [-0.1, -0.05) is 19.3 Å². The Bertz CT molecular complexity index is 880. The first-order valence-corrected chi connectivity index (χ1v) is 10.3. The summed E-state index contributed by atoms with van der Waals surface area (Å²) in [5, 5.41) is 5.88. The zero-order chi connectivity index (χ0) is 16.7. The highest BCUT2D eigenvalue weighted by Crippen LogP contribution is 2.36. The Labute approximate surface area is 158 Å². The van der Waals surface area contributed by atoms with Gasteiger partial charge >= 0.3 is 0 Å². The van der Waals surface area contributed by atoms with E-state index in [1.165, 1.54) is 43.9 Å². The summed E-state index contributed by atoms with van der Waals surface area (Å²) in [6.45, 7) is 2.11.